The van der Waals surface area contributed by atoms with E-state index < -0.39 is 0 Å². The van der Waals surface area contributed by atoms with Crippen LogP contribution in [0, 0.1) is 0 Å². The number of rotatable bonds is 3. The van der Waals surface area contributed by atoms with Crippen LogP contribution in [-0.4, -0.2) is 37.3 Å². The van der Waals surface area contributed by atoms with Crippen molar-refractivity contribution in [2.24, 2.45) is 0 Å². The van der Waals surface area contributed by atoms with Crippen molar-refractivity contribution >= 4 is 11.8 Å². The lowest BCUT2D eigenvalue weighted by molar-refractivity contribution is 0.167. The van der Waals surface area contributed by atoms with Crippen LogP contribution in [0.5, 0.6) is 0 Å². The predicted octanol–water partition coefficient (Wildman–Crippen LogP) is 1.12. The van der Waals surface area contributed by atoms with Crippen molar-refractivity contribution in [2.75, 3.05) is 25.2 Å². The van der Waals surface area contributed by atoms with Crippen LogP contribution >= 0.6 is 11.8 Å². The predicted molar refractivity (Wildman–Crippen MR) is 50.2 cm³/mol. The van der Waals surface area contributed by atoms with Gasteiger partial charge in [0, 0.05) is 30.7 Å². The summed E-state index contributed by atoms with van der Waals surface area (Å²) in [7, 11) is 1.77. The molecule has 1 aliphatic rings. The molecule has 2 unspecified atom stereocenters. The van der Waals surface area contributed by atoms with Crippen LogP contribution in [0.15, 0.2) is 0 Å². The van der Waals surface area contributed by atoms with Crippen LogP contribution in [0.3, 0.4) is 0 Å². The van der Waals surface area contributed by atoms with E-state index in [1.54, 1.807) is 7.11 Å². The Kier molecular flexibility index (Phi) is 4.26. The van der Waals surface area contributed by atoms with E-state index in [9.17, 15) is 0 Å². The van der Waals surface area contributed by atoms with Gasteiger partial charge in [0.15, 0.2) is 0 Å². The lowest BCUT2D eigenvalue weighted by atomic mass is 10.2. The van der Waals surface area contributed by atoms with E-state index >= 15 is 0 Å². The number of ether oxygens (including phenoxy) is 1. The second kappa shape index (κ2) is 5.01. The van der Waals surface area contributed by atoms with Crippen molar-refractivity contribution < 1.29 is 4.74 Å². The molecule has 0 aromatic rings. The van der Waals surface area contributed by atoms with Crippen LogP contribution < -0.4 is 5.32 Å². The molecule has 1 fully saturated rings. The lowest BCUT2D eigenvalue weighted by Gasteiger charge is -2.29. The van der Waals surface area contributed by atoms with Gasteiger partial charge in [-0.3, -0.25) is 0 Å². The first-order valence-corrected chi connectivity index (χ1v) is 5.35. The Hall–Kier alpha value is 0.270. The number of thioether (sulfide) groups is 1. The van der Waals surface area contributed by atoms with Gasteiger partial charge in [0.2, 0.25) is 0 Å². The Balaban J connectivity index is 2.21. The van der Waals surface area contributed by atoms with Crippen molar-refractivity contribution in [2.45, 2.75) is 25.4 Å². The van der Waals surface area contributed by atoms with Crippen LogP contribution in [0.2, 0.25) is 0 Å². The topological polar surface area (TPSA) is 21.3 Å². The minimum atomic E-state index is 0.573. The highest BCUT2D eigenvalue weighted by Crippen LogP contribution is 2.14. The minimum absolute atomic E-state index is 0.573. The van der Waals surface area contributed by atoms with Gasteiger partial charge in [-0.1, -0.05) is 6.92 Å². The molecule has 2 nitrogen and oxygen atoms in total. The lowest BCUT2D eigenvalue weighted by Crippen LogP contribution is -2.47. The molecule has 3 heteroatoms. The van der Waals surface area contributed by atoms with Crippen LogP contribution in [0.1, 0.15) is 13.3 Å². The molecule has 1 N–H and O–H groups in total. The molecule has 0 saturated carbocycles. The maximum atomic E-state index is 5.10. The monoisotopic (exact) mass is 175 g/mol. The van der Waals surface area contributed by atoms with E-state index in [1.807, 2.05) is 11.8 Å². The van der Waals surface area contributed by atoms with E-state index in [2.05, 4.69) is 12.2 Å². The van der Waals surface area contributed by atoms with Gasteiger partial charge < -0.3 is 10.1 Å². The third-order valence-corrected chi connectivity index (χ3v) is 3.25. The van der Waals surface area contributed by atoms with Crippen molar-refractivity contribution in [3.05, 3.63) is 0 Å². The van der Waals surface area contributed by atoms with Crippen LogP contribution in [0.4, 0.5) is 0 Å². The maximum Gasteiger partial charge on any atom is 0.0624 e. The Bertz CT molecular complexity index is 108. The summed E-state index contributed by atoms with van der Waals surface area (Å²) in [5.74, 6) is 2.46. The fraction of sp³-hybridized carbons (Fsp3) is 1.00. The molecule has 0 spiro atoms. The van der Waals surface area contributed by atoms with Gasteiger partial charge in [-0.05, 0) is 6.42 Å². The highest BCUT2D eigenvalue weighted by molar-refractivity contribution is 7.99. The average Bonchev–Trinajstić information content (AvgIpc) is 2.06. The smallest absolute Gasteiger partial charge is 0.0624 e. The molecule has 0 bridgehead atoms. The van der Waals surface area contributed by atoms with Crippen LogP contribution in [0.25, 0.3) is 0 Å². The third-order valence-electron chi connectivity index (χ3n) is 1.97. The Morgan fingerprint density at radius 2 is 2.18 bits per heavy atom. The maximum absolute atomic E-state index is 5.10. The van der Waals surface area contributed by atoms with Gasteiger partial charge in [-0.2, -0.15) is 11.8 Å². The summed E-state index contributed by atoms with van der Waals surface area (Å²) in [6.45, 7) is 3.08. The minimum Gasteiger partial charge on any atom is -0.383 e. The molecule has 0 aromatic heterocycles. The molecule has 0 radical (unpaired) electrons. The Morgan fingerprint density at radius 1 is 1.45 bits per heavy atom. The zero-order chi connectivity index (χ0) is 8.10. The second-order valence-corrected chi connectivity index (χ2v) is 4.04. The molecule has 0 aliphatic carbocycles. The molecule has 11 heavy (non-hydrogen) atoms. The molecule has 66 valence electrons. The summed E-state index contributed by atoms with van der Waals surface area (Å²) in [5, 5.41) is 3.56. The summed E-state index contributed by atoms with van der Waals surface area (Å²) in [4.78, 5) is 0. The van der Waals surface area contributed by atoms with E-state index in [0.717, 1.165) is 6.61 Å². The molecular formula is C8H17NOS. The van der Waals surface area contributed by atoms with Gasteiger partial charge in [-0.15, -0.1) is 0 Å². The number of hydrogen-bond acceptors (Lipinski definition) is 3. The molecule has 1 saturated heterocycles. The summed E-state index contributed by atoms with van der Waals surface area (Å²) in [5.41, 5.74) is 0. The first-order chi connectivity index (χ1) is 5.36. The van der Waals surface area contributed by atoms with Gasteiger partial charge in [0.05, 0.1) is 6.61 Å². The molecule has 2 atom stereocenters. The van der Waals surface area contributed by atoms with Crippen molar-refractivity contribution in [3.63, 3.8) is 0 Å². The molecule has 0 amide bonds. The SMILES string of the molecule is CCC1CSCC(COC)N1. The van der Waals surface area contributed by atoms with Crippen molar-refractivity contribution in [1.29, 1.82) is 0 Å². The normalized spacial score (nSPS) is 32.2. The number of nitrogens with one attached hydrogen (secondary N) is 1. The number of hydrogen-bond donors (Lipinski definition) is 1. The summed E-state index contributed by atoms with van der Waals surface area (Å²) < 4.78 is 5.10. The molecule has 1 heterocycles. The average molecular weight is 175 g/mol. The van der Waals surface area contributed by atoms with Gasteiger partial charge in [0.1, 0.15) is 0 Å². The van der Waals surface area contributed by atoms with E-state index in [0.29, 0.717) is 12.1 Å². The molecular weight excluding hydrogens is 158 g/mol. The highest BCUT2D eigenvalue weighted by atomic mass is 32.2. The summed E-state index contributed by atoms with van der Waals surface area (Å²) in [6, 6.07) is 1.28. The fourth-order valence-electron chi connectivity index (χ4n) is 1.32. The standard InChI is InChI=1S/C8H17NOS/c1-3-7-5-11-6-8(9-7)4-10-2/h7-9H,3-6H2,1-2H3. The van der Waals surface area contributed by atoms with Gasteiger partial charge in [0.25, 0.3) is 0 Å². The molecule has 1 aliphatic heterocycles. The fourth-order valence-corrected chi connectivity index (χ4v) is 2.54. The Morgan fingerprint density at radius 3 is 2.82 bits per heavy atom. The van der Waals surface area contributed by atoms with Crippen molar-refractivity contribution in [1.82, 2.24) is 5.32 Å². The van der Waals surface area contributed by atoms with E-state index in [1.165, 1.54) is 17.9 Å². The third kappa shape index (κ3) is 3.01. The molecule has 1 rings (SSSR count). The second-order valence-electron chi connectivity index (χ2n) is 2.96. The van der Waals surface area contributed by atoms with Gasteiger partial charge >= 0.3 is 0 Å². The Labute approximate surface area is 73.1 Å². The largest absolute Gasteiger partial charge is 0.383 e. The zero-order valence-electron chi connectivity index (χ0n) is 7.30. The van der Waals surface area contributed by atoms with Gasteiger partial charge in [-0.25, -0.2) is 0 Å². The van der Waals surface area contributed by atoms with E-state index in [4.69, 9.17) is 4.74 Å². The zero-order valence-corrected chi connectivity index (χ0v) is 8.12. The molecule has 0 aromatic carbocycles. The van der Waals surface area contributed by atoms with Crippen LogP contribution in [-0.2, 0) is 4.74 Å². The first-order valence-electron chi connectivity index (χ1n) is 4.19. The highest BCUT2D eigenvalue weighted by Gasteiger charge is 2.19. The quantitative estimate of drug-likeness (QED) is 0.694. The summed E-state index contributed by atoms with van der Waals surface area (Å²) >= 11 is 2.03. The first kappa shape index (κ1) is 9.36. The summed E-state index contributed by atoms with van der Waals surface area (Å²) in [6.07, 6.45) is 1.23. The number of methoxy groups -OCH3 is 1. The van der Waals surface area contributed by atoms with E-state index in [-0.39, 0.29) is 0 Å². The van der Waals surface area contributed by atoms with Crippen molar-refractivity contribution in [3.8, 4) is 0 Å².